The molecule has 2 heterocycles. The van der Waals surface area contributed by atoms with Crippen LogP contribution in [0.5, 0.6) is 0 Å². The Hall–Kier alpha value is -3.86. The van der Waals surface area contributed by atoms with Gasteiger partial charge in [-0.25, -0.2) is 0 Å². The average Bonchev–Trinajstić information content (AvgIpc) is 3.48. The van der Waals surface area contributed by atoms with Crippen LogP contribution in [-0.4, -0.2) is 42.9 Å². The first-order valence-electron chi connectivity index (χ1n) is 13.4. The van der Waals surface area contributed by atoms with Crippen LogP contribution in [0.2, 0.25) is 0 Å². The maximum Gasteiger partial charge on any atom is 0.256 e. The third kappa shape index (κ3) is 6.48. The van der Waals surface area contributed by atoms with E-state index in [1.54, 1.807) is 6.08 Å². The number of benzene rings is 3. The molecule has 0 bridgehead atoms. The lowest BCUT2D eigenvalue weighted by Gasteiger charge is -2.35. The number of carbonyl (C=O) groups is 2. The highest BCUT2D eigenvalue weighted by atomic mass is 16.2. The smallest absolute Gasteiger partial charge is 0.256 e. The van der Waals surface area contributed by atoms with Crippen molar-refractivity contribution in [2.45, 2.75) is 32.1 Å². The Labute approximate surface area is 219 Å². The number of hydrogen-bond acceptors (Lipinski definition) is 3. The zero-order chi connectivity index (χ0) is 25.5. The SMILES string of the molecule is O=C(/C=C/c1ccccc1)Nc1ccc(N2CCC(Cc3ccccc3)CC2)c(C(=O)N2CCCC2)c1. The summed E-state index contributed by atoms with van der Waals surface area (Å²) < 4.78 is 0. The normalized spacial score (nSPS) is 16.3. The summed E-state index contributed by atoms with van der Waals surface area (Å²) >= 11 is 0. The zero-order valence-electron chi connectivity index (χ0n) is 21.3. The molecule has 0 unspecified atom stereocenters. The fourth-order valence-corrected chi connectivity index (χ4v) is 5.40. The molecule has 2 aliphatic rings. The molecule has 3 aromatic rings. The Kier molecular flexibility index (Phi) is 7.99. The highest BCUT2D eigenvalue weighted by molar-refractivity contribution is 6.05. The fraction of sp³-hybridized carbons (Fsp3) is 0.312. The number of rotatable bonds is 7. The van der Waals surface area contributed by atoms with Crippen LogP contribution in [0.4, 0.5) is 11.4 Å². The van der Waals surface area contributed by atoms with E-state index in [1.807, 2.05) is 53.4 Å². The van der Waals surface area contributed by atoms with Gasteiger partial charge in [-0.1, -0.05) is 60.7 Å². The van der Waals surface area contributed by atoms with Crippen LogP contribution in [0, 0.1) is 5.92 Å². The van der Waals surface area contributed by atoms with Gasteiger partial charge in [0.25, 0.3) is 5.91 Å². The minimum atomic E-state index is -0.210. The maximum atomic E-state index is 13.5. The molecule has 2 fully saturated rings. The first-order chi connectivity index (χ1) is 18.2. The van der Waals surface area contributed by atoms with E-state index < -0.39 is 0 Å². The van der Waals surface area contributed by atoms with Crippen LogP contribution in [-0.2, 0) is 11.2 Å². The molecule has 5 heteroatoms. The molecule has 3 aromatic carbocycles. The van der Waals surface area contributed by atoms with Gasteiger partial charge in [-0.3, -0.25) is 9.59 Å². The zero-order valence-corrected chi connectivity index (χ0v) is 21.3. The van der Waals surface area contributed by atoms with E-state index in [-0.39, 0.29) is 11.8 Å². The van der Waals surface area contributed by atoms with Gasteiger partial charge in [-0.2, -0.15) is 0 Å². The molecule has 0 atom stereocenters. The largest absolute Gasteiger partial charge is 0.371 e. The third-order valence-corrected chi connectivity index (χ3v) is 7.44. The molecule has 37 heavy (non-hydrogen) atoms. The predicted octanol–water partition coefficient (Wildman–Crippen LogP) is 6.03. The number of likely N-dealkylation sites (tertiary alicyclic amines) is 1. The lowest BCUT2D eigenvalue weighted by atomic mass is 9.89. The minimum absolute atomic E-state index is 0.0647. The van der Waals surface area contributed by atoms with Crippen molar-refractivity contribution in [3.8, 4) is 0 Å². The summed E-state index contributed by atoms with van der Waals surface area (Å²) in [5, 5.41) is 2.95. The first-order valence-corrected chi connectivity index (χ1v) is 13.4. The maximum absolute atomic E-state index is 13.5. The molecule has 0 saturated carbocycles. The van der Waals surface area contributed by atoms with Gasteiger partial charge in [0.05, 0.1) is 5.56 Å². The van der Waals surface area contributed by atoms with Gasteiger partial charge in [0, 0.05) is 43.6 Å². The molecule has 1 N–H and O–H groups in total. The number of hydrogen-bond donors (Lipinski definition) is 1. The van der Waals surface area contributed by atoms with Crippen molar-refractivity contribution in [1.29, 1.82) is 0 Å². The fourth-order valence-electron chi connectivity index (χ4n) is 5.40. The van der Waals surface area contributed by atoms with Gasteiger partial charge in [-0.15, -0.1) is 0 Å². The van der Waals surface area contributed by atoms with Crippen molar-refractivity contribution in [2.75, 3.05) is 36.4 Å². The third-order valence-electron chi connectivity index (χ3n) is 7.44. The Morgan fingerprint density at radius 3 is 2.22 bits per heavy atom. The van der Waals surface area contributed by atoms with Crippen molar-refractivity contribution in [3.63, 3.8) is 0 Å². The van der Waals surface area contributed by atoms with Gasteiger partial charge in [-0.05, 0) is 73.4 Å². The second-order valence-corrected chi connectivity index (χ2v) is 10.1. The van der Waals surface area contributed by atoms with Crippen LogP contribution >= 0.6 is 0 Å². The summed E-state index contributed by atoms with van der Waals surface area (Å²) in [6.07, 6.45) is 8.74. The quantitative estimate of drug-likeness (QED) is 0.409. The molecule has 5 nitrogen and oxygen atoms in total. The summed E-state index contributed by atoms with van der Waals surface area (Å²) in [7, 11) is 0. The lowest BCUT2D eigenvalue weighted by molar-refractivity contribution is -0.111. The van der Waals surface area contributed by atoms with Crippen LogP contribution in [0.3, 0.4) is 0 Å². The number of amides is 2. The van der Waals surface area contributed by atoms with E-state index in [0.29, 0.717) is 17.2 Å². The van der Waals surface area contributed by atoms with Gasteiger partial charge in [0.1, 0.15) is 0 Å². The van der Waals surface area contributed by atoms with E-state index in [9.17, 15) is 9.59 Å². The van der Waals surface area contributed by atoms with Crippen molar-refractivity contribution < 1.29 is 9.59 Å². The summed E-state index contributed by atoms with van der Waals surface area (Å²) in [6, 6.07) is 26.2. The molecule has 2 saturated heterocycles. The van der Waals surface area contributed by atoms with E-state index in [0.717, 1.165) is 69.5 Å². The second-order valence-electron chi connectivity index (χ2n) is 10.1. The summed E-state index contributed by atoms with van der Waals surface area (Å²) in [6.45, 7) is 3.47. The molecule has 0 spiro atoms. The molecule has 2 amide bonds. The molecule has 190 valence electrons. The van der Waals surface area contributed by atoms with E-state index >= 15 is 0 Å². The molecular formula is C32H35N3O2. The van der Waals surface area contributed by atoms with Gasteiger partial charge < -0.3 is 15.1 Å². The average molecular weight is 494 g/mol. The molecule has 0 radical (unpaired) electrons. The highest BCUT2D eigenvalue weighted by Crippen LogP contribution is 2.31. The Balaban J connectivity index is 1.30. The van der Waals surface area contributed by atoms with Crippen LogP contribution in [0.1, 0.15) is 47.2 Å². The summed E-state index contributed by atoms with van der Waals surface area (Å²) in [4.78, 5) is 30.4. The second kappa shape index (κ2) is 11.9. The highest BCUT2D eigenvalue weighted by Gasteiger charge is 2.27. The Bertz CT molecular complexity index is 1230. The van der Waals surface area contributed by atoms with Gasteiger partial charge in [0.15, 0.2) is 0 Å². The van der Waals surface area contributed by atoms with Crippen molar-refractivity contribution in [2.24, 2.45) is 5.92 Å². The number of anilines is 2. The van der Waals surface area contributed by atoms with Crippen molar-refractivity contribution in [3.05, 3.63) is 102 Å². The van der Waals surface area contributed by atoms with Crippen LogP contribution in [0.25, 0.3) is 6.08 Å². The van der Waals surface area contributed by atoms with Crippen LogP contribution in [0.15, 0.2) is 84.9 Å². The number of nitrogens with zero attached hydrogens (tertiary/aromatic N) is 2. The monoisotopic (exact) mass is 493 g/mol. The standard InChI is InChI=1S/C32H35N3O2/c36-31(16-13-25-9-3-1-4-10-25)33-28-14-15-30(29(24-28)32(37)35-19-7-8-20-35)34-21-17-27(18-22-34)23-26-11-5-2-6-12-26/h1-6,9-16,24,27H,7-8,17-23H2,(H,33,36)/b16-13+. The number of nitrogens with one attached hydrogen (secondary N) is 1. The number of carbonyl (C=O) groups excluding carboxylic acids is 2. The topological polar surface area (TPSA) is 52.7 Å². The summed E-state index contributed by atoms with van der Waals surface area (Å²) in [5.41, 5.74) is 4.68. The van der Waals surface area contributed by atoms with Crippen molar-refractivity contribution in [1.82, 2.24) is 4.90 Å². The summed E-state index contributed by atoms with van der Waals surface area (Å²) in [5.74, 6) is 0.513. The Morgan fingerprint density at radius 1 is 0.838 bits per heavy atom. The van der Waals surface area contributed by atoms with E-state index in [1.165, 1.54) is 11.6 Å². The van der Waals surface area contributed by atoms with Gasteiger partial charge in [0.2, 0.25) is 5.91 Å². The van der Waals surface area contributed by atoms with Gasteiger partial charge >= 0.3 is 0 Å². The predicted molar refractivity (Wildman–Crippen MR) is 151 cm³/mol. The Morgan fingerprint density at radius 2 is 1.51 bits per heavy atom. The molecule has 0 aliphatic carbocycles. The minimum Gasteiger partial charge on any atom is -0.371 e. The van der Waals surface area contributed by atoms with Crippen molar-refractivity contribution >= 4 is 29.3 Å². The number of piperidine rings is 1. The molecule has 2 aliphatic heterocycles. The molecule has 0 aromatic heterocycles. The first kappa shape index (κ1) is 24.8. The lowest BCUT2D eigenvalue weighted by Crippen LogP contribution is -2.36. The molecule has 5 rings (SSSR count). The molecular weight excluding hydrogens is 458 g/mol. The van der Waals surface area contributed by atoms with E-state index in [2.05, 4.69) is 40.5 Å². The van der Waals surface area contributed by atoms with Crippen LogP contribution < -0.4 is 10.2 Å². The van der Waals surface area contributed by atoms with E-state index in [4.69, 9.17) is 0 Å².